The molecular weight excluding hydrogens is 259 g/mol. The molecule has 1 N–H and O–H groups in total. The van der Waals surface area contributed by atoms with Crippen LogP contribution in [-0.2, 0) is 6.42 Å². The highest BCUT2D eigenvalue weighted by molar-refractivity contribution is 5.58. The third-order valence-corrected chi connectivity index (χ3v) is 1.71. The number of rotatable bonds is 3. The van der Waals surface area contributed by atoms with Gasteiger partial charge in [-0.3, -0.25) is 15.1 Å². The first-order chi connectivity index (χ1) is 8.26. The Labute approximate surface area is 97.2 Å². The highest BCUT2D eigenvalue weighted by Gasteiger charge is 2.38. The molecule has 10 heteroatoms. The van der Waals surface area contributed by atoms with Crippen LogP contribution in [0.15, 0.2) is 6.20 Å². The molecule has 0 fully saturated rings. The topological polar surface area (TPSA) is 109 Å². The lowest BCUT2D eigenvalue weighted by Gasteiger charge is -2.11. The molecule has 0 aliphatic rings. The summed E-state index contributed by atoms with van der Waals surface area (Å²) in [6.45, 7) is 0. The van der Waals surface area contributed by atoms with Gasteiger partial charge in [0.1, 0.15) is 5.69 Å². The molecule has 96 valence electrons. The van der Waals surface area contributed by atoms with Gasteiger partial charge in [0.05, 0.1) is 23.6 Å². The maximum absolute atomic E-state index is 12.1. The Kier molecular flexibility index (Phi) is 3.55. The van der Waals surface area contributed by atoms with Crippen molar-refractivity contribution >= 4 is 5.69 Å². The van der Waals surface area contributed by atoms with Crippen molar-refractivity contribution in [3.8, 4) is 17.6 Å². The van der Waals surface area contributed by atoms with Gasteiger partial charge in [0.2, 0.25) is 11.5 Å². The number of nitrogens with zero attached hydrogens (tertiary/aromatic N) is 3. The minimum atomic E-state index is -5.20. The summed E-state index contributed by atoms with van der Waals surface area (Å²) in [5, 5.41) is 28.1. The van der Waals surface area contributed by atoms with Crippen LogP contribution in [-0.4, -0.2) is 21.4 Å². The van der Waals surface area contributed by atoms with Crippen LogP contribution in [0.4, 0.5) is 18.9 Å². The molecule has 1 rings (SSSR count). The van der Waals surface area contributed by atoms with Crippen LogP contribution in [0.25, 0.3) is 0 Å². The first kappa shape index (κ1) is 13.5. The van der Waals surface area contributed by atoms with Gasteiger partial charge in [-0.15, -0.1) is 13.2 Å². The Hall–Kier alpha value is -2.57. The minimum absolute atomic E-state index is 0.577. The highest BCUT2D eigenvalue weighted by Crippen LogP contribution is 2.40. The Morgan fingerprint density at radius 2 is 2.22 bits per heavy atom. The van der Waals surface area contributed by atoms with E-state index in [-0.39, 0.29) is 0 Å². The van der Waals surface area contributed by atoms with Gasteiger partial charge in [-0.1, -0.05) is 0 Å². The molecule has 0 unspecified atom stereocenters. The lowest BCUT2D eigenvalue weighted by molar-refractivity contribution is -0.389. The summed E-state index contributed by atoms with van der Waals surface area (Å²) in [6.07, 6.45) is -5.26. The smallest absolute Gasteiger partial charge is 0.501 e. The van der Waals surface area contributed by atoms with E-state index in [4.69, 9.17) is 10.4 Å². The van der Waals surface area contributed by atoms with Crippen molar-refractivity contribution in [2.75, 3.05) is 0 Å². The van der Waals surface area contributed by atoms with Crippen molar-refractivity contribution in [3.63, 3.8) is 0 Å². The van der Waals surface area contributed by atoms with Crippen LogP contribution in [0.1, 0.15) is 5.69 Å². The Morgan fingerprint density at radius 3 is 2.67 bits per heavy atom. The van der Waals surface area contributed by atoms with E-state index >= 15 is 0 Å². The molecule has 0 aliphatic carbocycles. The molecule has 1 heterocycles. The average molecular weight is 263 g/mol. The molecule has 0 atom stereocenters. The molecule has 0 saturated heterocycles. The zero-order valence-corrected chi connectivity index (χ0v) is 8.43. The third kappa shape index (κ3) is 2.97. The van der Waals surface area contributed by atoms with E-state index in [0.29, 0.717) is 6.20 Å². The number of pyridine rings is 1. The Morgan fingerprint density at radius 1 is 1.61 bits per heavy atom. The van der Waals surface area contributed by atoms with E-state index in [0.717, 1.165) is 0 Å². The van der Waals surface area contributed by atoms with Gasteiger partial charge in [0.15, 0.2) is 0 Å². The van der Waals surface area contributed by atoms with Crippen molar-refractivity contribution in [2.45, 2.75) is 12.8 Å². The summed E-state index contributed by atoms with van der Waals surface area (Å²) in [7, 11) is 0. The van der Waals surface area contributed by atoms with Crippen molar-refractivity contribution in [1.82, 2.24) is 4.98 Å². The second-order valence-electron chi connectivity index (χ2n) is 2.91. The normalized spacial score (nSPS) is 10.8. The number of nitriles is 1. The van der Waals surface area contributed by atoms with Gasteiger partial charge in [0.25, 0.3) is 0 Å². The number of alkyl halides is 3. The van der Waals surface area contributed by atoms with Crippen molar-refractivity contribution in [1.29, 1.82) is 5.26 Å². The number of ether oxygens (including phenoxy) is 1. The molecule has 0 aliphatic heterocycles. The van der Waals surface area contributed by atoms with Crippen LogP contribution in [0.3, 0.4) is 0 Å². The Bertz CT molecular complexity index is 524. The molecule has 0 radical (unpaired) electrons. The molecular formula is C8H4F3N3O4. The van der Waals surface area contributed by atoms with Crippen molar-refractivity contribution in [3.05, 3.63) is 22.0 Å². The molecule has 0 amide bonds. The van der Waals surface area contributed by atoms with Crippen LogP contribution < -0.4 is 4.74 Å². The summed E-state index contributed by atoms with van der Waals surface area (Å²) < 4.78 is 39.7. The molecule has 0 spiro atoms. The van der Waals surface area contributed by atoms with Gasteiger partial charge < -0.3 is 9.84 Å². The second kappa shape index (κ2) is 4.74. The number of hydrogen-bond donors (Lipinski definition) is 1. The van der Waals surface area contributed by atoms with E-state index in [1.165, 1.54) is 6.07 Å². The number of hydrogen-bond acceptors (Lipinski definition) is 6. The zero-order valence-electron chi connectivity index (χ0n) is 8.43. The maximum Gasteiger partial charge on any atom is 0.573 e. The average Bonchev–Trinajstić information content (AvgIpc) is 2.19. The van der Waals surface area contributed by atoms with E-state index in [9.17, 15) is 23.3 Å². The largest absolute Gasteiger partial charge is 0.573 e. The maximum atomic E-state index is 12.1. The highest BCUT2D eigenvalue weighted by atomic mass is 19.4. The summed E-state index contributed by atoms with van der Waals surface area (Å²) in [4.78, 5) is 12.6. The van der Waals surface area contributed by atoms with Gasteiger partial charge >= 0.3 is 12.0 Å². The Balaban J connectivity index is 3.44. The first-order valence-electron chi connectivity index (χ1n) is 4.24. The van der Waals surface area contributed by atoms with Crippen molar-refractivity contribution < 1.29 is 27.9 Å². The van der Waals surface area contributed by atoms with E-state index in [1.807, 2.05) is 0 Å². The SMILES string of the molecule is N#CCc1ncc(O)c([N+](=O)[O-])c1OC(F)(F)F. The molecule has 0 bridgehead atoms. The third-order valence-electron chi connectivity index (χ3n) is 1.71. The van der Waals surface area contributed by atoms with Crippen LogP contribution >= 0.6 is 0 Å². The molecule has 7 nitrogen and oxygen atoms in total. The number of nitro groups is 1. The van der Waals surface area contributed by atoms with Gasteiger partial charge in [-0.25, -0.2) is 0 Å². The van der Waals surface area contributed by atoms with Crippen LogP contribution in [0.2, 0.25) is 0 Å². The summed E-state index contributed by atoms with van der Waals surface area (Å²) >= 11 is 0. The molecule has 1 aromatic heterocycles. The summed E-state index contributed by atoms with van der Waals surface area (Å²) in [5.41, 5.74) is -1.87. The molecule has 18 heavy (non-hydrogen) atoms. The number of aromatic hydroxyl groups is 1. The summed E-state index contributed by atoms with van der Waals surface area (Å²) in [5.74, 6) is -2.37. The fraction of sp³-hybridized carbons (Fsp3) is 0.250. The van der Waals surface area contributed by atoms with E-state index < -0.39 is 40.6 Å². The molecule has 0 saturated carbocycles. The molecule has 0 aromatic carbocycles. The lowest BCUT2D eigenvalue weighted by atomic mass is 10.2. The van der Waals surface area contributed by atoms with E-state index in [1.54, 1.807) is 0 Å². The van der Waals surface area contributed by atoms with Gasteiger partial charge in [0, 0.05) is 0 Å². The van der Waals surface area contributed by atoms with Crippen molar-refractivity contribution in [2.24, 2.45) is 0 Å². The predicted molar refractivity (Wildman–Crippen MR) is 48.6 cm³/mol. The summed E-state index contributed by atoms with van der Waals surface area (Å²) in [6, 6.07) is 1.48. The number of aromatic nitrogens is 1. The van der Waals surface area contributed by atoms with E-state index in [2.05, 4.69) is 9.72 Å². The molecule has 1 aromatic rings. The zero-order chi connectivity index (χ0) is 13.9. The van der Waals surface area contributed by atoms with Crippen LogP contribution in [0.5, 0.6) is 11.5 Å². The predicted octanol–water partition coefficient (Wildman–Crippen LogP) is 1.66. The lowest BCUT2D eigenvalue weighted by Crippen LogP contribution is -2.19. The number of halogens is 3. The standard InChI is InChI=1S/C8H4F3N3O4/c9-8(10,11)18-7-4(1-2-12)13-3-5(15)6(7)14(16)17/h3,15H,1H2. The van der Waals surface area contributed by atoms with Gasteiger partial charge in [-0.2, -0.15) is 5.26 Å². The quantitative estimate of drug-likeness (QED) is 0.656. The van der Waals surface area contributed by atoms with Crippen LogP contribution in [0, 0.1) is 21.4 Å². The fourth-order valence-electron chi connectivity index (χ4n) is 1.11. The first-order valence-corrected chi connectivity index (χ1v) is 4.24. The minimum Gasteiger partial charge on any atom is -0.501 e. The monoisotopic (exact) mass is 263 g/mol. The van der Waals surface area contributed by atoms with Gasteiger partial charge in [-0.05, 0) is 0 Å². The second-order valence-corrected chi connectivity index (χ2v) is 2.91. The fourth-order valence-corrected chi connectivity index (χ4v) is 1.11.